The number of fused-ring (bicyclic) bond motifs is 1. The van der Waals surface area contributed by atoms with Crippen molar-refractivity contribution in [2.24, 2.45) is 0 Å². The van der Waals surface area contributed by atoms with Gasteiger partial charge in [-0.1, -0.05) is 49.2 Å². The third kappa shape index (κ3) is 7.55. The first-order valence-corrected chi connectivity index (χ1v) is 15.1. The molecule has 2 heterocycles. The minimum atomic E-state index is -4.45. The lowest BCUT2D eigenvalue weighted by Gasteiger charge is -2.37. The molecule has 0 radical (unpaired) electrons. The van der Waals surface area contributed by atoms with Gasteiger partial charge >= 0.3 is 6.09 Å². The van der Waals surface area contributed by atoms with Crippen LogP contribution in [-0.2, 0) is 30.8 Å². The van der Waals surface area contributed by atoms with Crippen molar-refractivity contribution in [2.45, 2.75) is 64.0 Å². The van der Waals surface area contributed by atoms with Gasteiger partial charge in [0, 0.05) is 17.8 Å². The van der Waals surface area contributed by atoms with Crippen molar-refractivity contribution in [3.63, 3.8) is 0 Å². The molecule has 0 saturated carbocycles. The molecule has 2 amide bonds. The molecule has 1 atom stereocenters. The molecule has 1 unspecified atom stereocenters. The van der Waals surface area contributed by atoms with E-state index < -0.39 is 33.8 Å². The fraction of sp³-hybridized carbons (Fsp3) is 0.429. The molecule has 0 bridgehead atoms. The number of rotatable bonds is 4. The number of amides is 2. The van der Waals surface area contributed by atoms with Crippen molar-refractivity contribution in [1.82, 2.24) is 4.90 Å². The van der Waals surface area contributed by atoms with Crippen molar-refractivity contribution in [2.75, 3.05) is 25.1 Å². The van der Waals surface area contributed by atoms with Crippen LogP contribution in [0.15, 0.2) is 41.3 Å². The Balaban J connectivity index is 0.00000216. The first-order chi connectivity index (χ1) is 18.7. The molecule has 0 saturated heterocycles. The van der Waals surface area contributed by atoms with E-state index in [1.807, 2.05) is 19.9 Å². The molecule has 0 spiro atoms. The number of hydrogen-bond donors (Lipinski definition) is 2. The number of nitrogens with one attached hydrogen (secondary N) is 1. The topological polar surface area (TPSA) is 122 Å². The number of benzene rings is 2. The number of ether oxygens (including phenoxy) is 2. The van der Waals surface area contributed by atoms with E-state index in [-0.39, 0.29) is 17.9 Å². The number of halogens is 2. The molecule has 2 aromatic rings. The van der Waals surface area contributed by atoms with Crippen LogP contribution in [0, 0.1) is 0 Å². The lowest BCUT2D eigenvalue weighted by atomic mass is 9.92. The van der Waals surface area contributed by atoms with Gasteiger partial charge in [-0.2, -0.15) is 8.42 Å². The fourth-order valence-electron chi connectivity index (χ4n) is 4.48. The van der Waals surface area contributed by atoms with Crippen LogP contribution >= 0.6 is 23.2 Å². The molecule has 218 valence electrons. The molecule has 0 aromatic heterocycles. The van der Waals surface area contributed by atoms with E-state index >= 15 is 0 Å². The van der Waals surface area contributed by atoms with Crippen molar-refractivity contribution in [1.29, 1.82) is 0 Å². The van der Waals surface area contributed by atoms with E-state index in [0.717, 1.165) is 5.57 Å². The standard InChI is InChI=1S/C26H28Cl2N2O7S.C2H6/c1-26(2,3)37-25(32)30-9-6-16-12-18(38(33,34)35)4-5-19(16)23(30)24(31)29-17-13-20(27)22(21(28)14-17)15-7-10-36-11-8-15;1-2/h4-5,7,12-14,23H,6,8-11H2,1-3H3,(H,29,31)(H,33,34,35);1-2H3. The molecule has 9 nitrogen and oxygen atoms in total. The van der Waals surface area contributed by atoms with Gasteiger partial charge in [0.05, 0.1) is 28.2 Å². The molecule has 40 heavy (non-hydrogen) atoms. The number of anilines is 1. The van der Waals surface area contributed by atoms with Crippen LogP contribution in [0.5, 0.6) is 0 Å². The predicted octanol–water partition coefficient (Wildman–Crippen LogP) is 6.54. The van der Waals surface area contributed by atoms with Crippen LogP contribution in [0.2, 0.25) is 10.0 Å². The third-order valence-corrected chi connectivity index (χ3v) is 7.56. The highest BCUT2D eigenvalue weighted by Gasteiger charge is 2.38. The Kier molecular flexibility index (Phi) is 10.3. The Hall–Kier alpha value is -2.63. The second-order valence-corrected chi connectivity index (χ2v) is 12.3. The minimum Gasteiger partial charge on any atom is -0.444 e. The highest BCUT2D eigenvalue weighted by atomic mass is 35.5. The summed E-state index contributed by atoms with van der Waals surface area (Å²) in [6.45, 7) is 10.3. The zero-order valence-electron chi connectivity index (χ0n) is 23.1. The van der Waals surface area contributed by atoms with Gasteiger partial charge in [-0.05, 0) is 74.6 Å². The minimum absolute atomic E-state index is 0.0889. The summed E-state index contributed by atoms with van der Waals surface area (Å²) in [5.41, 5.74) is 2.07. The average Bonchev–Trinajstić information content (AvgIpc) is 2.87. The van der Waals surface area contributed by atoms with Crippen molar-refractivity contribution in [3.05, 3.63) is 63.1 Å². The van der Waals surface area contributed by atoms with Gasteiger partial charge in [-0.25, -0.2) is 4.79 Å². The zero-order chi connectivity index (χ0) is 29.8. The van der Waals surface area contributed by atoms with E-state index in [9.17, 15) is 22.6 Å². The average molecular weight is 614 g/mol. The van der Waals surface area contributed by atoms with Crippen molar-refractivity contribution < 1.29 is 32.0 Å². The van der Waals surface area contributed by atoms with Gasteiger partial charge in [-0.3, -0.25) is 14.2 Å². The largest absolute Gasteiger partial charge is 0.444 e. The molecule has 2 N–H and O–H groups in total. The maximum absolute atomic E-state index is 13.7. The summed E-state index contributed by atoms with van der Waals surface area (Å²) in [6, 6.07) is 5.94. The first-order valence-electron chi connectivity index (χ1n) is 12.9. The van der Waals surface area contributed by atoms with Crippen LogP contribution in [0.3, 0.4) is 0 Å². The lowest BCUT2D eigenvalue weighted by Crippen LogP contribution is -2.47. The normalized spacial score (nSPS) is 17.1. The van der Waals surface area contributed by atoms with E-state index in [0.29, 0.717) is 52.1 Å². The summed E-state index contributed by atoms with van der Waals surface area (Å²) in [6.07, 6.45) is 2.13. The van der Waals surface area contributed by atoms with E-state index in [2.05, 4.69) is 5.32 Å². The molecule has 0 aliphatic carbocycles. The summed E-state index contributed by atoms with van der Waals surface area (Å²) in [5, 5.41) is 3.49. The first kappa shape index (κ1) is 31.9. The number of carbonyl (C=O) groups excluding carboxylic acids is 2. The summed E-state index contributed by atoms with van der Waals surface area (Å²) < 4.78 is 43.7. The van der Waals surface area contributed by atoms with Gasteiger partial charge in [0.1, 0.15) is 11.6 Å². The van der Waals surface area contributed by atoms with Crippen LogP contribution in [0.4, 0.5) is 10.5 Å². The Bertz CT molecular complexity index is 1400. The molecule has 4 rings (SSSR count). The highest BCUT2D eigenvalue weighted by molar-refractivity contribution is 7.85. The molecule has 2 aliphatic heterocycles. The molecular formula is C28H34Cl2N2O7S. The van der Waals surface area contributed by atoms with Crippen LogP contribution in [0.1, 0.15) is 63.8 Å². The molecule has 2 aromatic carbocycles. The van der Waals surface area contributed by atoms with Gasteiger partial charge < -0.3 is 14.8 Å². The lowest BCUT2D eigenvalue weighted by molar-refractivity contribution is -0.121. The van der Waals surface area contributed by atoms with E-state index in [1.165, 1.54) is 23.1 Å². The molecule has 0 fully saturated rings. The maximum Gasteiger partial charge on any atom is 0.411 e. The molecular weight excluding hydrogens is 579 g/mol. The van der Waals surface area contributed by atoms with Crippen LogP contribution in [-0.4, -0.2) is 55.2 Å². The number of hydrogen-bond acceptors (Lipinski definition) is 6. The van der Waals surface area contributed by atoms with Gasteiger partial charge in [0.15, 0.2) is 0 Å². The third-order valence-electron chi connectivity index (χ3n) is 6.11. The quantitative estimate of drug-likeness (QED) is 0.376. The van der Waals surface area contributed by atoms with Crippen LogP contribution < -0.4 is 5.32 Å². The van der Waals surface area contributed by atoms with Crippen molar-refractivity contribution >= 4 is 56.6 Å². The van der Waals surface area contributed by atoms with Crippen molar-refractivity contribution in [3.8, 4) is 0 Å². The van der Waals surface area contributed by atoms with Crippen LogP contribution in [0.25, 0.3) is 5.57 Å². The van der Waals surface area contributed by atoms with Gasteiger partial charge in [0.25, 0.3) is 16.0 Å². The summed E-state index contributed by atoms with van der Waals surface area (Å²) >= 11 is 13.1. The van der Waals surface area contributed by atoms with E-state index in [1.54, 1.807) is 32.9 Å². The zero-order valence-corrected chi connectivity index (χ0v) is 25.4. The predicted molar refractivity (Wildman–Crippen MR) is 155 cm³/mol. The SMILES string of the molecule is CC.CC(C)(C)OC(=O)N1CCc2cc(S(=O)(=O)O)ccc2C1C(=O)Nc1cc(Cl)c(C2=CCOCC2)c(Cl)c1. The Labute approximate surface area is 245 Å². The Morgan fingerprint density at radius 3 is 2.30 bits per heavy atom. The Morgan fingerprint density at radius 1 is 1.10 bits per heavy atom. The van der Waals surface area contributed by atoms with E-state index in [4.69, 9.17) is 32.7 Å². The maximum atomic E-state index is 13.7. The summed E-state index contributed by atoms with van der Waals surface area (Å²) in [4.78, 5) is 27.7. The Morgan fingerprint density at radius 2 is 1.75 bits per heavy atom. The summed E-state index contributed by atoms with van der Waals surface area (Å²) in [5.74, 6) is -0.568. The molecule has 12 heteroatoms. The molecule has 2 aliphatic rings. The van der Waals surface area contributed by atoms with Gasteiger partial charge in [0.2, 0.25) is 0 Å². The number of carbonyl (C=O) groups is 2. The van der Waals surface area contributed by atoms with Gasteiger partial charge in [-0.15, -0.1) is 0 Å². The smallest absolute Gasteiger partial charge is 0.411 e. The number of nitrogens with zero attached hydrogens (tertiary/aromatic N) is 1. The second kappa shape index (κ2) is 12.9. The monoisotopic (exact) mass is 612 g/mol. The fourth-order valence-corrected chi connectivity index (χ4v) is 5.74. The highest BCUT2D eigenvalue weighted by Crippen LogP contribution is 2.38. The second-order valence-electron chi connectivity index (χ2n) is 10.0. The summed E-state index contributed by atoms with van der Waals surface area (Å²) in [7, 11) is -4.45.